The van der Waals surface area contributed by atoms with Crippen LogP contribution in [0, 0.1) is 0 Å². The maximum absolute atomic E-state index is 11.6. The summed E-state index contributed by atoms with van der Waals surface area (Å²) in [5.74, 6) is 0.416. The fourth-order valence-electron chi connectivity index (χ4n) is 1.45. The van der Waals surface area contributed by atoms with Gasteiger partial charge in [-0.05, 0) is 13.6 Å². The summed E-state index contributed by atoms with van der Waals surface area (Å²) in [6, 6.07) is 0. The summed E-state index contributed by atoms with van der Waals surface area (Å²) in [6.07, 6.45) is 1.06. The molecule has 1 saturated heterocycles. The van der Waals surface area contributed by atoms with Gasteiger partial charge in [0.05, 0.1) is 6.54 Å². The van der Waals surface area contributed by atoms with Crippen molar-refractivity contribution in [3.05, 3.63) is 0 Å². The number of Topliss-reactive ketones (excluding diaryl/α,β-unsaturated/α-hetero) is 1. The van der Waals surface area contributed by atoms with E-state index in [0.29, 0.717) is 32.5 Å². The van der Waals surface area contributed by atoms with Gasteiger partial charge < -0.3 is 4.90 Å². The molecule has 0 atom stereocenters. The molecule has 0 saturated carbocycles. The van der Waals surface area contributed by atoms with Gasteiger partial charge in [0.15, 0.2) is 0 Å². The number of likely N-dealkylation sites (N-methyl/N-ethyl adjacent to an activating group) is 1. The van der Waals surface area contributed by atoms with Crippen LogP contribution in [-0.4, -0.2) is 54.7 Å². The van der Waals surface area contributed by atoms with Crippen molar-refractivity contribution in [2.75, 3.05) is 33.2 Å². The molecule has 0 radical (unpaired) electrons. The summed E-state index contributed by atoms with van der Waals surface area (Å²) in [4.78, 5) is 26.4. The second-order valence-corrected chi connectivity index (χ2v) is 3.75. The zero-order valence-electron chi connectivity index (χ0n) is 8.95. The fourth-order valence-corrected chi connectivity index (χ4v) is 1.45. The third-order valence-corrected chi connectivity index (χ3v) is 2.62. The van der Waals surface area contributed by atoms with E-state index in [0.717, 1.165) is 6.54 Å². The molecular weight excluding hydrogens is 180 g/mol. The van der Waals surface area contributed by atoms with Crippen LogP contribution in [0.5, 0.6) is 0 Å². The standard InChI is InChI=1S/C10H18N2O2/c1-3-11(2)8-10(14)12-6-4-9(13)5-7-12/h3-8H2,1-2H3. The van der Waals surface area contributed by atoms with E-state index in [4.69, 9.17) is 0 Å². The Kier molecular flexibility index (Phi) is 4.07. The van der Waals surface area contributed by atoms with Crippen LogP contribution in [0.3, 0.4) is 0 Å². The highest BCUT2D eigenvalue weighted by molar-refractivity contribution is 5.84. The number of amides is 1. The molecule has 1 aliphatic heterocycles. The van der Waals surface area contributed by atoms with Gasteiger partial charge in [0, 0.05) is 25.9 Å². The summed E-state index contributed by atoms with van der Waals surface area (Å²) in [5.41, 5.74) is 0. The van der Waals surface area contributed by atoms with Gasteiger partial charge >= 0.3 is 0 Å². The van der Waals surface area contributed by atoms with Gasteiger partial charge in [-0.3, -0.25) is 14.5 Å². The van der Waals surface area contributed by atoms with E-state index in [1.165, 1.54) is 0 Å². The zero-order chi connectivity index (χ0) is 10.6. The highest BCUT2D eigenvalue weighted by Gasteiger charge is 2.20. The van der Waals surface area contributed by atoms with Gasteiger partial charge in [0.2, 0.25) is 5.91 Å². The normalized spacial score (nSPS) is 17.6. The molecule has 1 rings (SSSR count). The number of carbonyl (C=O) groups excluding carboxylic acids is 2. The zero-order valence-corrected chi connectivity index (χ0v) is 8.95. The SMILES string of the molecule is CCN(C)CC(=O)N1CCC(=O)CC1. The molecule has 0 spiro atoms. The van der Waals surface area contributed by atoms with E-state index in [2.05, 4.69) is 0 Å². The first-order valence-electron chi connectivity index (χ1n) is 5.11. The van der Waals surface area contributed by atoms with Crippen LogP contribution in [0.4, 0.5) is 0 Å². The molecule has 4 nitrogen and oxygen atoms in total. The number of carbonyl (C=O) groups is 2. The lowest BCUT2D eigenvalue weighted by molar-refractivity contribution is -0.135. The molecule has 1 amide bonds. The predicted molar refractivity (Wildman–Crippen MR) is 54.0 cm³/mol. The first-order valence-corrected chi connectivity index (χ1v) is 5.11. The number of hydrogen-bond acceptors (Lipinski definition) is 3. The molecule has 0 bridgehead atoms. The summed E-state index contributed by atoms with van der Waals surface area (Å²) >= 11 is 0. The van der Waals surface area contributed by atoms with Gasteiger partial charge in [0.25, 0.3) is 0 Å². The van der Waals surface area contributed by atoms with E-state index in [1.807, 2.05) is 18.9 Å². The average Bonchev–Trinajstić information content (AvgIpc) is 2.18. The maximum atomic E-state index is 11.6. The summed E-state index contributed by atoms with van der Waals surface area (Å²) in [5, 5.41) is 0. The Morgan fingerprint density at radius 1 is 1.43 bits per heavy atom. The van der Waals surface area contributed by atoms with Crippen LogP contribution in [0.1, 0.15) is 19.8 Å². The number of likely N-dealkylation sites (tertiary alicyclic amines) is 1. The Labute approximate surface area is 84.9 Å². The van der Waals surface area contributed by atoms with Crippen molar-refractivity contribution in [3.8, 4) is 0 Å². The smallest absolute Gasteiger partial charge is 0.236 e. The molecule has 0 aliphatic carbocycles. The van der Waals surface area contributed by atoms with Crippen LogP contribution < -0.4 is 0 Å². The first kappa shape index (κ1) is 11.2. The summed E-state index contributed by atoms with van der Waals surface area (Å²) in [7, 11) is 1.92. The second-order valence-electron chi connectivity index (χ2n) is 3.75. The van der Waals surface area contributed by atoms with Gasteiger partial charge in [-0.2, -0.15) is 0 Å². The second kappa shape index (κ2) is 5.10. The van der Waals surface area contributed by atoms with Crippen molar-refractivity contribution in [3.63, 3.8) is 0 Å². The Balaban J connectivity index is 2.34. The monoisotopic (exact) mass is 198 g/mol. The number of hydrogen-bond donors (Lipinski definition) is 0. The molecule has 4 heteroatoms. The largest absolute Gasteiger partial charge is 0.341 e. The van der Waals surface area contributed by atoms with Crippen molar-refractivity contribution < 1.29 is 9.59 Å². The van der Waals surface area contributed by atoms with E-state index in [9.17, 15) is 9.59 Å². The highest BCUT2D eigenvalue weighted by Crippen LogP contribution is 2.05. The quantitative estimate of drug-likeness (QED) is 0.647. The van der Waals surface area contributed by atoms with E-state index in [1.54, 1.807) is 4.90 Å². The lowest BCUT2D eigenvalue weighted by Crippen LogP contribution is -2.43. The van der Waals surface area contributed by atoms with Gasteiger partial charge in [-0.25, -0.2) is 0 Å². The van der Waals surface area contributed by atoms with Crippen LogP contribution in [0.25, 0.3) is 0 Å². The van der Waals surface area contributed by atoms with Crippen molar-refractivity contribution >= 4 is 11.7 Å². The molecule has 1 heterocycles. The van der Waals surface area contributed by atoms with E-state index in [-0.39, 0.29) is 11.7 Å². The van der Waals surface area contributed by atoms with Crippen molar-refractivity contribution in [2.45, 2.75) is 19.8 Å². The fraction of sp³-hybridized carbons (Fsp3) is 0.800. The van der Waals surface area contributed by atoms with Crippen LogP contribution in [-0.2, 0) is 9.59 Å². The lowest BCUT2D eigenvalue weighted by Gasteiger charge is -2.27. The summed E-state index contributed by atoms with van der Waals surface area (Å²) < 4.78 is 0. The Morgan fingerprint density at radius 2 is 2.00 bits per heavy atom. The van der Waals surface area contributed by atoms with Crippen LogP contribution in [0.2, 0.25) is 0 Å². The minimum atomic E-state index is 0.141. The van der Waals surface area contributed by atoms with Crippen LogP contribution >= 0.6 is 0 Å². The number of rotatable bonds is 3. The molecule has 0 aromatic carbocycles. The molecule has 1 fully saturated rings. The average molecular weight is 198 g/mol. The molecule has 0 N–H and O–H groups in total. The van der Waals surface area contributed by atoms with Crippen molar-refractivity contribution in [2.24, 2.45) is 0 Å². The third-order valence-electron chi connectivity index (χ3n) is 2.62. The predicted octanol–water partition coefficient (Wildman–Crippen LogP) is 0.130. The molecule has 0 aromatic rings. The third kappa shape index (κ3) is 3.10. The number of piperidine rings is 1. The van der Waals surface area contributed by atoms with Gasteiger partial charge in [0.1, 0.15) is 5.78 Å². The number of nitrogens with zero attached hydrogens (tertiary/aromatic N) is 2. The Morgan fingerprint density at radius 3 is 2.50 bits per heavy atom. The lowest BCUT2D eigenvalue weighted by atomic mass is 10.1. The molecule has 0 aromatic heterocycles. The first-order chi connectivity index (χ1) is 6.63. The molecule has 1 aliphatic rings. The topological polar surface area (TPSA) is 40.6 Å². The molecular formula is C10H18N2O2. The molecule has 0 unspecified atom stereocenters. The molecule has 80 valence electrons. The minimum Gasteiger partial charge on any atom is -0.341 e. The van der Waals surface area contributed by atoms with E-state index >= 15 is 0 Å². The van der Waals surface area contributed by atoms with Crippen molar-refractivity contribution in [1.29, 1.82) is 0 Å². The van der Waals surface area contributed by atoms with Gasteiger partial charge in [-0.15, -0.1) is 0 Å². The highest BCUT2D eigenvalue weighted by atomic mass is 16.2. The summed E-state index contributed by atoms with van der Waals surface area (Å²) in [6.45, 7) is 4.57. The van der Waals surface area contributed by atoms with Crippen LogP contribution in [0.15, 0.2) is 0 Å². The molecule has 14 heavy (non-hydrogen) atoms. The maximum Gasteiger partial charge on any atom is 0.236 e. The number of ketones is 1. The minimum absolute atomic E-state index is 0.141. The van der Waals surface area contributed by atoms with Crippen molar-refractivity contribution in [1.82, 2.24) is 9.80 Å². The van der Waals surface area contributed by atoms with Gasteiger partial charge in [-0.1, -0.05) is 6.92 Å². The Bertz CT molecular complexity index is 218. The van der Waals surface area contributed by atoms with E-state index < -0.39 is 0 Å². The Hall–Kier alpha value is -0.900.